The van der Waals surface area contributed by atoms with Gasteiger partial charge in [0.2, 0.25) is 5.91 Å². The summed E-state index contributed by atoms with van der Waals surface area (Å²) >= 11 is 0. The van der Waals surface area contributed by atoms with Crippen LogP contribution in [0.4, 0.5) is 8.78 Å². The second kappa shape index (κ2) is 6.11. The molecule has 0 N–H and O–H groups in total. The number of halogens is 2. The summed E-state index contributed by atoms with van der Waals surface area (Å²) in [6.07, 6.45) is 1.91. The highest BCUT2D eigenvalue weighted by Gasteiger charge is 2.29. The molecule has 108 valence electrons. The predicted octanol–water partition coefficient (Wildman–Crippen LogP) is 2.48. The van der Waals surface area contributed by atoms with Gasteiger partial charge in [-0.15, -0.1) is 0 Å². The van der Waals surface area contributed by atoms with Gasteiger partial charge in [-0.2, -0.15) is 0 Å². The third-order valence-corrected chi connectivity index (χ3v) is 3.58. The minimum Gasteiger partial charge on any atom is -0.339 e. The van der Waals surface area contributed by atoms with E-state index in [0.717, 1.165) is 25.0 Å². The Bertz CT molecular complexity index is 531. The monoisotopic (exact) mass is 281 g/mol. The summed E-state index contributed by atoms with van der Waals surface area (Å²) in [5.41, 5.74) is 0.185. The standard InChI is InChI=1S/C15H17F2NO2/c1-10(19)7-13-3-2-6-18(13)15(20)8-11-4-5-12(16)9-14(11)17/h4-5,9,13H,2-3,6-8H2,1H3. The van der Waals surface area contributed by atoms with E-state index in [4.69, 9.17) is 0 Å². The van der Waals surface area contributed by atoms with Crippen molar-refractivity contribution in [2.45, 2.75) is 38.6 Å². The van der Waals surface area contributed by atoms with Crippen LogP contribution in [-0.2, 0) is 16.0 Å². The molecule has 1 aromatic rings. The molecule has 1 aromatic carbocycles. The van der Waals surface area contributed by atoms with Gasteiger partial charge in [0.15, 0.2) is 0 Å². The zero-order valence-electron chi connectivity index (χ0n) is 11.4. The van der Waals surface area contributed by atoms with E-state index in [0.29, 0.717) is 13.0 Å². The van der Waals surface area contributed by atoms with E-state index < -0.39 is 11.6 Å². The Hall–Kier alpha value is -1.78. The van der Waals surface area contributed by atoms with Crippen molar-refractivity contribution >= 4 is 11.7 Å². The van der Waals surface area contributed by atoms with Gasteiger partial charge in [0.1, 0.15) is 17.4 Å². The first kappa shape index (κ1) is 14.6. The SMILES string of the molecule is CC(=O)CC1CCCN1C(=O)Cc1ccc(F)cc1F. The van der Waals surface area contributed by atoms with Crippen LogP contribution in [0.1, 0.15) is 31.7 Å². The lowest BCUT2D eigenvalue weighted by Crippen LogP contribution is -2.37. The van der Waals surface area contributed by atoms with Gasteiger partial charge in [-0.1, -0.05) is 6.07 Å². The highest BCUT2D eigenvalue weighted by atomic mass is 19.1. The maximum atomic E-state index is 13.5. The van der Waals surface area contributed by atoms with Gasteiger partial charge in [-0.05, 0) is 31.4 Å². The molecule has 2 rings (SSSR count). The third-order valence-electron chi connectivity index (χ3n) is 3.58. The third kappa shape index (κ3) is 3.40. The Balaban J connectivity index is 2.05. The smallest absolute Gasteiger partial charge is 0.227 e. The molecule has 20 heavy (non-hydrogen) atoms. The van der Waals surface area contributed by atoms with E-state index in [1.165, 1.54) is 13.0 Å². The van der Waals surface area contributed by atoms with Crippen molar-refractivity contribution in [1.29, 1.82) is 0 Å². The number of nitrogens with zero attached hydrogens (tertiary/aromatic N) is 1. The molecule has 1 heterocycles. The fraction of sp³-hybridized carbons (Fsp3) is 0.467. The van der Waals surface area contributed by atoms with Crippen LogP contribution in [0.5, 0.6) is 0 Å². The quantitative estimate of drug-likeness (QED) is 0.850. The molecule has 1 aliphatic rings. The van der Waals surface area contributed by atoms with Gasteiger partial charge < -0.3 is 4.90 Å². The van der Waals surface area contributed by atoms with Gasteiger partial charge in [0.25, 0.3) is 0 Å². The minimum atomic E-state index is -0.708. The zero-order chi connectivity index (χ0) is 14.7. The first-order valence-electron chi connectivity index (χ1n) is 6.70. The molecule has 0 aromatic heterocycles. The fourth-order valence-electron chi connectivity index (χ4n) is 2.64. The Morgan fingerprint density at radius 1 is 1.35 bits per heavy atom. The number of likely N-dealkylation sites (tertiary alicyclic amines) is 1. The second-order valence-corrected chi connectivity index (χ2v) is 5.20. The van der Waals surface area contributed by atoms with Crippen molar-refractivity contribution in [3.05, 3.63) is 35.4 Å². The summed E-state index contributed by atoms with van der Waals surface area (Å²) in [7, 11) is 0. The summed E-state index contributed by atoms with van der Waals surface area (Å²) in [5.74, 6) is -1.53. The Kier molecular flexibility index (Phi) is 4.47. The number of hydrogen-bond donors (Lipinski definition) is 0. The van der Waals surface area contributed by atoms with Crippen LogP contribution in [0.3, 0.4) is 0 Å². The summed E-state index contributed by atoms with van der Waals surface area (Å²) < 4.78 is 26.4. The Labute approximate surface area is 116 Å². The topological polar surface area (TPSA) is 37.4 Å². The van der Waals surface area contributed by atoms with Crippen molar-refractivity contribution in [3.8, 4) is 0 Å². The highest BCUT2D eigenvalue weighted by Crippen LogP contribution is 2.22. The van der Waals surface area contributed by atoms with Crippen LogP contribution < -0.4 is 0 Å². The van der Waals surface area contributed by atoms with Crippen molar-refractivity contribution in [1.82, 2.24) is 4.90 Å². The van der Waals surface area contributed by atoms with Crippen molar-refractivity contribution < 1.29 is 18.4 Å². The number of ketones is 1. The van der Waals surface area contributed by atoms with Crippen LogP contribution in [0.2, 0.25) is 0 Å². The van der Waals surface area contributed by atoms with Crippen LogP contribution in [0.15, 0.2) is 18.2 Å². The molecule has 0 aliphatic carbocycles. The molecular formula is C15H17F2NO2. The summed E-state index contributed by atoms with van der Waals surface area (Å²) in [4.78, 5) is 25.0. The van der Waals surface area contributed by atoms with Gasteiger partial charge in [-0.25, -0.2) is 8.78 Å². The second-order valence-electron chi connectivity index (χ2n) is 5.20. The number of Topliss-reactive ketones (excluding diaryl/α,β-unsaturated/α-hetero) is 1. The number of rotatable bonds is 4. The largest absolute Gasteiger partial charge is 0.339 e. The van der Waals surface area contributed by atoms with E-state index in [2.05, 4.69) is 0 Å². The molecule has 0 bridgehead atoms. The highest BCUT2D eigenvalue weighted by molar-refractivity contribution is 5.81. The number of carbonyl (C=O) groups excluding carboxylic acids is 2. The molecule has 0 spiro atoms. The zero-order valence-corrected chi connectivity index (χ0v) is 11.4. The van der Waals surface area contributed by atoms with E-state index in [9.17, 15) is 18.4 Å². The molecule has 1 saturated heterocycles. The summed E-state index contributed by atoms with van der Waals surface area (Å²) in [6, 6.07) is 3.13. The average Bonchev–Trinajstić information content (AvgIpc) is 2.80. The Morgan fingerprint density at radius 2 is 2.10 bits per heavy atom. The molecule has 1 fully saturated rings. The maximum Gasteiger partial charge on any atom is 0.227 e. The first-order chi connectivity index (χ1) is 9.47. The summed E-state index contributed by atoms with van der Waals surface area (Å²) in [5, 5.41) is 0. The normalized spacial score (nSPS) is 18.4. The molecule has 1 atom stereocenters. The van der Waals surface area contributed by atoms with Crippen molar-refractivity contribution in [2.75, 3.05) is 6.54 Å². The molecule has 1 amide bonds. The minimum absolute atomic E-state index is 0.0441. The predicted molar refractivity (Wildman–Crippen MR) is 70.1 cm³/mol. The molecule has 0 radical (unpaired) electrons. The van der Waals surface area contributed by atoms with E-state index in [1.807, 2.05) is 0 Å². The number of benzene rings is 1. The molecule has 1 aliphatic heterocycles. The van der Waals surface area contributed by atoms with Gasteiger partial charge in [0, 0.05) is 25.1 Å². The lowest BCUT2D eigenvalue weighted by Gasteiger charge is -2.24. The van der Waals surface area contributed by atoms with E-state index in [1.54, 1.807) is 4.90 Å². The van der Waals surface area contributed by atoms with Crippen LogP contribution in [0.25, 0.3) is 0 Å². The first-order valence-corrected chi connectivity index (χ1v) is 6.70. The van der Waals surface area contributed by atoms with Crippen LogP contribution >= 0.6 is 0 Å². The number of hydrogen-bond acceptors (Lipinski definition) is 2. The Morgan fingerprint density at radius 3 is 2.75 bits per heavy atom. The lowest BCUT2D eigenvalue weighted by atomic mass is 10.1. The molecule has 1 unspecified atom stereocenters. The maximum absolute atomic E-state index is 13.5. The van der Waals surface area contributed by atoms with Gasteiger partial charge in [-0.3, -0.25) is 9.59 Å². The molecule has 5 heteroatoms. The number of carbonyl (C=O) groups is 2. The summed E-state index contributed by atoms with van der Waals surface area (Å²) in [6.45, 7) is 2.10. The average molecular weight is 281 g/mol. The van der Waals surface area contributed by atoms with Crippen LogP contribution in [-0.4, -0.2) is 29.2 Å². The fourth-order valence-corrected chi connectivity index (χ4v) is 2.64. The van der Waals surface area contributed by atoms with Crippen LogP contribution in [0, 0.1) is 11.6 Å². The van der Waals surface area contributed by atoms with E-state index in [-0.39, 0.29) is 29.7 Å². The number of amides is 1. The van der Waals surface area contributed by atoms with Crippen molar-refractivity contribution in [2.24, 2.45) is 0 Å². The molecule has 3 nitrogen and oxygen atoms in total. The van der Waals surface area contributed by atoms with Gasteiger partial charge in [0.05, 0.1) is 6.42 Å². The molecule has 0 saturated carbocycles. The van der Waals surface area contributed by atoms with E-state index >= 15 is 0 Å². The van der Waals surface area contributed by atoms with Gasteiger partial charge >= 0.3 is 0 Å². The van der Waals surface area contributed by atoms with Crippen molar-refractivity contribution in [3.63, 3.8) is 0 Å². The molecular weight excluding hydrogens is 264 g/mol. The lowest BCUT2D eigenvalue weighted by molar-refractivity contribution is -0.132.